The van der Waals surface area contributed by atoms with Crippen molar-refractivity contribution in [3.05, 3.63) is 75.5 Å². The Balaban J connectivity index is 1.33. The zero-order valence-corrected chi connectivity index (χ0v) is 18.8. The Morgan fingerprint density at radius 1 is 1.07 bits per heavy atom. The average Bonchev–Trinajstić information content (AvgIpc) is 3.44. The van der Waals surface area contributed by atoms with Crippen LogP contribution < -0.4 is 5.32 Å². The molecule has 1 amide bonds. The molecule has 3 aromatic rings. The molecule has 4 rings (SSSR count). The summed E-state index contributed by atoms with van der Waals surface area (Å²) in [4.78, 5) is 12.2. The number of carbonyl (C=O) groups excluding carboxylic acids is 1. The van der Waals surface area contributed by atoms with E-state index in [0.29, 0.717) is 29.2 Å². The number of hydrogen-bond acceptors (Lipinski definition) is 4. The fourth-order valence-corrected chi connectivity index (χ4v) is 4.61. The summed E-state index contributed by atoms with van der Waals surface area (Å²) in [6, 6.07) is 15.5. The molecule has 5 nitrogen and oxygen atoms in total. The standard InChI is InChI=1S/C22H22Cl2N4OS/c1-2-28-21(19-11-18(19)15-5-9-17(24)10-6-15)26-27-22(28)30-13-20(29)25-12-14-3-7-16(23)8-4-14/h3-10,18-19H,2,11-13H2,1H3,(H,25,29)/t18-,19-/m1/s1. The molecule has 0 radical (unpaired) electrons. The quantitative estimate of drug-likeness (QED) is 0.464. The fraction of sp³-hybridized carbons (Fsp3) is 0.318. The van der Waals surface area contributed by atoms with Crippen molar-refractivity contribution < 1.29 is 4.79 Å². The molecule has 0 saturated heterocycles. The Bertz CT molecular complexity index is 1020. The van der Waals surface area contributed by atoms with Crippen molar-refractivity contribution in [3.8, 4) is 0 Å². The highest BCUT2D eigenvalue weighted by atomic mass is 35.5. The summed E-state index contributed by atoms with van der Waals surface area (Å²) >= 11 is 13.3. The molecule has 1 fully saturated rings. The van der Waals surface area contributed by atoms with Gasteiger partial charge in [-0.1, -0.05) is 59.2 Å². The molecule has 0 unspecified atom stereocenters. The van der Waals surface area contributed by atoms with Gasteiger partial charge in [0, 0.05) is 29.1 Å². The number of nitrogens with one attached hydrogen (secondary N) is 1. The van der Waals surface area contributed by atoms with Gasteiger partial charge in [0.15, 0.2) is 5.16 Å². The minimum Gasteiger partial charge on any atom is -0.351 e. The Morgan fingerprint density at radius 3 is 2.40 bits per heavy atom. The fourth-order valence-electron chi connectivity index (χ4n) is 3.52. The molecular formula is C22H22Cl2N4OS. The van der Waals surface area contributed by atoms with Gasteiger partial charge in [-0.25, -0.2) is 0 Å². The second kappa shape index (κ2) is 9.41. The first-order chi connectivity index (χ1) is 14.5. The molecular weight excluding hydrogens is 439 g/mol. The SMILES string of the molecule is CCn1c(SCC(=O)NCc2ccc(Cl)cc2)nnc1[C@@H]1C[C@@H]1c1ccc(Cl)cc1. The zero-order valence-electron chi connectivity index (χ0n) is 16.5. The third-order valence-electron chi connectivity index (χ3n) is 5.22. The van der Waals surface area contributed by atoms with Crippen molar-refractivity contribution in [2.75, 3.05) is 5.75 Å². The average molecular weight is 461 g/mol. The summed E-state index contributed by atoms with van der Waals surface area (Å²) in [6.45, 7) is 3.34. The number of carbonyl (C=O) groups is 1. The highest BCUT2D eigenvalue weighted by Gasteiger charge is 2.43. The minimum absolute atomic E-state index is 0.0346. The Kier molecular flexibility index (Phi) is 6.66. The highest BCUT2D eigenvalue weighted by Crippen LogP contribution is 2.54. The van der Waals surface area contributed by atoms with Crippen molar-refractivity contribution in [2.45, 2.75) is 43.4 Å². The Hall–Kier alpha value is -2.02. The number of benzene rings is 2. The lowest BCUT2D eigenvalue weighted by atomic mass is 10.1. The number of rotatable bonds is 8. The van der Waals surface area contributed by atoms with Crippen LogP contribution in [-0.2, 0) is 17.9 Å². The minimum atomic E-state index is -0.0346. The van der Waals surface area contributed by atoms with E-state index in [4.69, 9.17) is 23.2 Å². The molecule has 1 N–H and O–H groups in total. The number of amides is 1. The van der Waals surface area contributed by atoms with Gasteiger partial charge in [0.1, 0.15) is 5.82 Å². The van der Waals surface area contributed by atoms with Gasteiger partial charge in [-0.15, -0.1) is 10.2 Å². The van der Waals surface area contributed by atoms with E-state index >= 15 is 0 Å². The predicted octanol–water partition coefficient (Wildman–Crippen LogP) is 5.28. The van der Waals surface area contributed by atoms with Crippen LogP contribution >= 0.6 is 35.0 Å². The van der Waals surface area contributed by atoms with Crippen LogP contribution in [0, 0.1) is 0 Å². The van der Waals surface area contributed by atoms with Crippen molar-refractivity contribution in [3.63, 3.8) is 0 Å². The summed E-state index contributed by atoms with van der Waals surface area (Å²) in [6.07, 6.45) is 1.06. The third kappa shape index (κ3) is 4.99. The van der Waals surface area contributed by atoms with E-state index in [2.05, 4.69) is 39.1 Å². The number of nitrogens with zero attached hydrogens (tertiary/aromatic N) is 3. The number of thioether (sulfide) groups is 1. The molecule has 0 bridgehead atoms. The monoisotopic (exact) mass is 460 g/mol. The molecule has 1 saturated carbocycles. The lowest BCUT2D eigenvalue weighted by molar-refractivity contribution is -0.118. The lowest BCUT2D eigenvalue weighted by Gasteiger charge is -2.08. The summed E-state index contributed by atoms with van der Waals surface area (Å²) in [5.74, 6) is 2.09. The summed E-state index contributed by atoms with van der Waals surface area (Å²) < 4.78 is 2.12. The lowest BCUT2D eigenvalue weighted by Crippen LogP contribution is -2.24. The Morgan fingerprint density at radius 2 is 1.73 bits per heavy atom. The van der Waals surface area contributed by atoms with E-state index in [1.165, 1.54) is 17.3 Å². The topological polar surface area (TPSA) is 59.8 Å². The number of aromatic nitrogens is 3. The maximum atomic E-state index is 12.2. The normalized spacial score (nSPS) is 17.7. The smallest absolute Gasteiger partial charge is 0.230 e. The third-order valence-corrected chi connectivity index (χ3v) is 6.69. The second-order valence-electron chi connectivity index (χ2n) is 7.28. The molecule has 8 heteroatoms. The molecule has 30 heavy (non-hydrogen) atoms. The molecule has 1 aliphatic rings. The van der Waals surface area contributed by atoms with Gasteiger partial charge in [-0.05, 0) is 54.7 Å². The first kappa shape index (κ1) is 21.2. The molecule has 0 spiro atoms. The van der Waals surface area contributed by atoms with E-state index in [1.807, 2.05) is 36.4 Å². The van der Waals surface area contributed by atoms with Gasteiger partial charge in [-0.2, -0.15) is 0 Å². The van der Waals surface area contributed by atoms with Crippen molar-refractivity contribution in [1.29, 1.82) is 0 Å². The van der Waals surface area contributed by atoms with Crippen molar-refractivity contribution in [1.82, 2.24) is 20.1 Å². The molecule has 1 heterocycles. The van der Waals surface area contributed by atoms with Gasteiger partial charge in [0.05, 0.1) is 5.75 Å². The van der Waals surface area contributed by atoms with Crippen molar-refractivity contribution >= 4 is 40.9 Å². The van der Waals surface area contributed by atoms with Crippen LogP contribution in [0.4, 0.5) is 0 Å². The number of hydrogen-bond donors (Lipinski definition) is 1. The highest BCUT2D eigenvalue weighted by molar-refractivity contribution is 7.99. The first-order valence-corrected chi connectivity index (χ1v) is 11.6. The molecule has 1 aromatic heterocycles. The van der Waals surface area contributed by atoms with Crippen LogP contribution in [0.1, 0.15) is 42.1 Å². The van der Waals surface area contributed by atoms with E-state index in [9.17, 15) is 4.79 Å². The predicted molar refractivity (Wildman–Crippen MR) is 121 cm³/mol. The van der Waals surface area contributed by atoms with E-state index in [1.54, 1.807) is 0 Å². The van der Waals surface area contributed by atoms with Crippen molar-refractivity contribution in [2.24, 2.45) is 0 Å². The Labute approximate surface area is 190 Å². The maximum absolute atomic E-state index is 12.2. The van der Waals surface area contributed by atoms with E-state index in [-0.39, 0.29) is 5.91 Å². The zero-order chi connectivity index (χ0) is 21.1. The number of halogens is 2. The summed E-state index contributed by atoms with van der Waals surface area (Å²) in [7, 11) is 0. The second-order valence-corrected chi connectivity index (χ2v) is 9.09. The van der Waals surface area contributed by atoms with Crippen LogP contribution in [0.3, 0.4) is 0 Å². The van der Waals surface area contributed by atoms with Gasteiger partial charge >= 0.3 is 0 Å². The maximum Gasteiger partial charge on any atom is 0.230 e. The van der Waals surface area contributed by atoms with Crippen LogP contribution in [0.15, 0.2) is 53.7 Å². The van der Waals surface area contributed by atoms with E-state index < -0.39 is 0 Å². The van der Waals surface area contributed by atoms with Crippen LogP contribution in [-0.4, -0.2) is 26.4 Å². The molecule has 156 valence electrons. The van der Waals surface area contributed by atoms with Crippen LogP contribution in [0.2, 0.25) is 10.0 Å². The van der Waals surface area contributed by atoms with Gasteiger partial charge in [0.2, 0.25) is 5.91 Å². The largest absolute Gasteiger partial charge is 0.351 e. The molecule has 0 aliphatic heterocycles. The van der Waals surface area contributed by atoms with Crippen LogP contribution in [0.5, 0.6) is 0 Å². The van der Waals surface area contributed by atoms with Gasteiger partial charge < -0.3 is 9.88 Å². The molecule has 2 atom stereocenters. The summed E-state index contributed by atoms with van der Waals surface area (Å²) in [5, 5.41) is 13.9. The van der Waals surface area contributed by atoms with Crippen LogP contribution in [0.25, 0.3) is 0 Å². The summed E-state index contributed by atoms with van der Waals surface area (Å²) in [5.41, 5.74) is 2.30. The first-order valence-electron chi connectivity index (χ1n) is 9.87. The van der Waals surface area contributed by atoms with Gasteiger partial charge in [0.25, 0.3) is 0 Å². The molecule has 2 aromatic carbocycles. The van der Waals surface area contributed by atoms with E-state index in [0.717, 1.165) is 34.5 Å². The molecule has 1 aliphatic carbocycles. The van der Waals surface area contributed by atoms with Gasteiger partial charge in [-0.3, -0.25) is 4.79 Å².